The summed E-state index contributed by atoms with van der Waals surface area (Å²) in [5.41, 5.74) is 1.99. The van der Waals surface area contributed by atoms with Crippen molar-refractivity contribution < 1.29 is 14.3 Å². The molecule has 0 aromatic heterocycles. The van der Waals surface area contributed by atoms with Crippen LogP contribution in [0.4, 0.5) is 0 Å². The monoisotopic (exact) mass is 192 g/mol. The summed E-state index contributed by atoms with van der Waals surface area (Å²) in [6.07, 6.45) is 0.318. The Hall–Kier alpha value is -0.750. The van der Waals surface area contributed by atoms with Crippen molar-refractivity contribution in [3.8, 4) is 0 Å². The molecule has 0 fully saturated rings. The molecule has 0 heterocycles. The third kappa shape index (κ3) is 5.99. The molecule has 0 rings (SSSR count). The van der Waals surface area contributed by atoms with E-state index in [0.717, 1.165) is 0 Å². The van der Waals surface area contributed by atoms with Gasteiger partial charge in [-0.05, 0) is 0 Å². The van der Waals surface area contributed by atoms with Gasteiger partial charge in [-0.3, -0.25) is 15.0 Å². The van der Waals surface area contributed by atoms with Crippen LogP contribution in [0, 0.1) is 0 Å². The molecule has 6 heteroatoms. The van der Waals surface area contributed by atoms with Crippen molar-refractivity contribution in [2.45, 2.75) is 6.42 Å². The molecule has 0 atom stereocenters. The number of rotatable bonds is 5. The van der Waals surface area contributed by atoms with Gasteiger partial charge in [0.15, 0.2) is 0 Å². The zero-order valence-corrected chi connectivity index (χ0v) is 7.65. The SMILES string of the molecule is COC(=O)CCSCC(=O)NN. The smallest absolute Gasteiger partial charge is 0.306 e. The molecule has 0 aromatic rings. The molecule has 0 aliphatic carbocycles. The zero-order valence-electron chi connectivity index (χ0n) is 6.83. The van der Waals surface area contributed by atoms with Crippen molar-refractivity contribution in [3.63, 3.8) is 0 Å². The van der Waals surface area contributed by atoms with Gasteiger partial charge in [-0.15, -0.1) is 0 Å². The van der Waals surface area contributed by atoms with Crippen LogP contribution >= 0.6 is 11.8 Å². The standard InChI is InChI=1S/C6H12N2O3S/c1-11-6(10)2-3-12-4-5(9)8-7/h2-4,7H2,1H3,(H,8,9). The van der Waals surface area contributed by atoms with Gasteiger partial charge in [0.25, 0.3) is 0 Å². The van der Waals surface area contributed by atoms with E-state index in [1.165, 1.54) is 18.9 Å². The van der Waals surface area contributed by atoms with Crippen molar-refractivity contribution in [2.75, 3.05) is 18.6 Å². The number of carbonyl (C=O) groups excluding carboxylic acids is 2. The fourth-order valence-electron chi connectivity index (χ4n) is 0.464. The highest BCUT2D eigenvalue weighted by atomic mass is 32.2. The largest absolute Gasteiger partial charge is 0.469 e. The predicted molar refractivity (Wildman–Crippen MR) is 46.3 cm³/mol. The lowest BCUT2D eigenvalue weighted by Gasteiger charge is -1.99. The number of amides is 1. The van der Waals surface area contributed by atoms with Crippen molar-refractivity contribution >= 4 is 23.6 Å². The third-order valence-corrected chi connectivity index (χ3v) is 2.03. The molecule has 70 valence electrons. The van der Waals surface area contributed by atoms with Crippen molar-refractivity contribution in [1.29, 1.82) is 0 Å². The first-order valence-corrected chi connectivity index (χ1v) is 4.50. The maximum Gasteiger partial charge on any atom is 0.306 e. The summed E-state index contributed by atoms with van der Waals surface area (Å²) in [4.78, 5) is 21.1. The van der Waals surface area contributed by atoms with E-state index < -0.39 is 0 Å². The number of thioether (sulfide) groups is 1. The van der Waals surface area contributed by atoms with Crippen LogP contribution in [0.15, 0.2) is 0 Å². The Kier molecular flexibility index (Phi) is 6.50. The second-order valence-electron chi connectivity index (χ2n) is 1.95. The molecule has 0 radical (unpaired) electrons. The molecule has 1 amide bonds. The lowest BCUT2D eigenvalue weighted by Crippen LogP contribution is -2.31. The van der Waals surface area contributed by atoms with Gasteiger partial charge in [0.1, 0.15) is 0 Å². The van der Waals surface area contributed by atoms with Crippen LogP contribution in [0.25, 0.3) is 0 Å². The van der Waals surface area contributed by atoms with E-state index in [1.54, 1.807) is 0 Å². The van der Waals surface area contributed by atoms with E-state index in [1.807, 2.05) is 5.43 Å². The molecular weight excluding hydrogens is 180 g/mol. The molecule has 0 aliphatic heterocycles. The van der Waals surface area contributed by atoms with Gasteiger partial charge < -0.3 is 4.74 Å². The van der Waals surface area contributed by atoms with Crippen molar-refractivity contribution in [1.82, 2.24) is 5.43 Å². The Balaban J connectivity index is 3.21. The number of esters is 1. The molecular formula is C6H12N2O3S. The molecule has 0 unspecified atom stereocenters. The summed E-state index contributed by atoms with van der Waals surface area (Å²) in [5.74, 6) is 5.16. The summed E-state index contributed by atoms with van der Waals surface area (Å²) in [5, 5.41) is 0. The summed E-state index contributed by atoms with van der Waals surface area (Å²) in [6.45, 7) is 0. The summed E-state index contributed by atoms with van der Waals surface area (Å²) < 4.78 is 4.41. The van der Waals surface area contributed by atoms with Gasteiger partial charge in [-0.2, -0.15) is 11.8 Å². The van der Waals surface area contributed by atoms with E-state index in [-0.39, 0.29) is 17.6 Å². The third-order valence-electron chi connectivity index (χ3n) is 1.07. The topological polar surface area (TPSA) is 81.4 Å². The average molecular weight is 192 g/mol. The zero-order chi connectivity index (χ0) is 9.40. The second-order valence-corrected chi connectivity index (χ2v) is 3.05. The number of nitrogens with two attached hydrogens (primary N) is 1. The maximum atomic E-state index is 10.6. The molecule has 0 saturated carbocycles. The molecule has 5 nitrogen and oxygen atoms in total. The molecule has 0 bridgehead atoms. The quantitative estimate of drug-likeness (QED) is 0.197. The highest BCUT2D eigenvalue weighted by Crippen LogP contribution is 2.01. The minimum atomic E-state index is -0.268. The molecule has 12 heavy (non-hydrogen) atoms. The molecule has 0 aromatic carbocycles. The minimum Gasteiger partial charge on any atom is -0.469 e. The number of methoxy groups -OCH3 is 1. The van der Waals surface area contributed by atoms with Crippen molar-refractivity contribution in [3.05, 3.63) is 0 Å². The van der Waals surface area contributed by atoms with Crippen LogP contribution < -0.4 is 11.3 Å². The molecule has 0 saturated heterocycles. The fourth-order valence-corrected chi connectivity index (χ4v) is 1.19. The van der Waals surface area contributed by atoms with E-state index in [4.69, 9.17) is 5.84 Å². The summed E-state index contributed by atoms with van der Waals surface area (Å²) in [6, 6.07) is 0. The first-order chi connectivity index (χ1) is 5.70. The van der Waals surface area contributed by atoms with Crippen molar-refractivity contribution in [2.24, 2.45) is 5.84 Å². The highest BCUT2D eigenvalue weighted by Gasteiger charge is 2.01. The normalized spacial score (nSPS) is 9.17. The van der Waals surface area contributed by atoms with Gasteiger partial charge in [0, 0.05) is 5.75 Å². The predicted octanol–water partition coefficient (Wildman–Crippen LogP) is -0.727. The molecule has 0 spiro atoms. The van der Waals surface area contributed by atoms with Crippen LogP contribution in [-0.2, 0) is 14.3 Å². The van der Waals surface area contributed by atoms with Crippen LogP contribution in [0.3, 0.4) is 0 Å². The summed E-state index contributed by atoms with van der Waals surface area (Å²) in [7, 11) is 1.33. The average Bonchev–Trinajstić information content (AvgIpc) is 2.11. The van der Waals surface area contributed by atoms with Gasteiger partial charge >= 0.3 is 5.97 Å². The van der Waals surface area contributed by atoms with E-state index >= 15 is 0 Å². The molecule has 0 aliphatic rings. The van der Waals surface area contributed by atoms with Crippen LogP contribution in [0.2, 0.25) is 0 Å². The lowest BCUT2D eigenvalue weighted by atomic mass is 10.5. The van der Waals surface area contributed by atoms with Crippen LogP contribution in [0.5, 0.6) is 0 Å². The Labute approximate surface area is 75.0 Å². The van der Waals surface area contributed by atoms with Crippen LogP contribution in [-0.4, -0.2) is 30.5 Å². The number of nitrogens with one attached hydrogen (secondary N) is 1. The Morgan fingerprint density at radius 1 is 1.58 bits per heavy atom. The van der Waals surface area contributed by atoms with E-state index in [0.29, 0.717) is 12.2 Å². The Morgan fingerprint density at radius 3 is 2.75 bits per heavy atom. The van der Waals surface area contributed by atoms with E-state index in [2.05, 4.69) is 4.74 Å². The van der Waals surface area contributed by atoms with Gasteiger partial charge in [-0.1, -0.05) is 0 Å². The van der Waals surface area contributed by atoms with Crippen LogP contribution in [0.1, 0.15) is 6.42 Å². The maximum absolute atomic E-state index is 10.6. The second kappa shape index (κ2) is 6.93. The first kappa shape index (κ1) is 11.2. The highest BCUT2D eigenvalue weighted by molar-refractivity contribution is 7.99. The Morgan fingerprint density at radius 2 is 2.25 bits per heavy atom. The number of carbonyl (C=O) groups is 2. The first-order valence-electron chi connectivity index (χ1n) is 3.34. The summed E-state index contributed by atoms with van der Waals surface area (Å²) >= 11 is 1.34. The lowest BCUT2D eigenvalue weighted by molar-refractivity contribution is -0.140. The number of hydrogen-bond acceptors (Lipinski definition) is 5. The Bertz CT molecular complexity index is 145. The number of hydrogen-bond donors (Lipinski definition) is 2. The molecule has 3 N–H and O–H groups in total. The van der Waals surface area contributed by atoms with E-state index in [9.17, 15) is 9.59 Å². The number of hydrazine groups is 1. The fraction of sp³-hybridized carbons (Fsp3) is 0.667. The minimum absolute atomic E-state index is 0.245. The van der Waals surface area contributed by atoms with Gasteiger partial charge in [-0.25, -0.2) is 5.84 Å². The van der Waals surface area contributed by atoms with Gasteiger partial charge in [0.2, 0.25) is 5.91 Å². The number of ether oxygens (including phenoxy) is 1. The van der Waals surface area contributed by atoms with Gasteiger partial charge in [0.05, 0.1) is 19.3 Å².